The van der Waals surface area contributed by atoms with Gasteiger partial charge in [-0.05, 0) is 30.3 Å². The summed E-state index contributed by atoms with van der Waals surface area (Å²) in [6, 6.07) is 10.1. The summed E-state index contributed by atoms with van der Waals surface area (Å²) in [5.74, 6) is 0.377. The van der Waals surface area contributed by atoms with Gasteiger partial charge in [-0.25, -0.2) is 4.90 Å². The van der Waals surface area contributed by atoms with Gasteiger partial charge in [-0.3, -0.25) is 9.59 Å². The van der Waals surface area contributed by atoms with Gasteiger partial charge in [0.25, 0.3) is 5.91 Å². The van der Waals surface area contributed by atoms with Crippen LogP contribution in [0.5, 0.6) is 23.0 Å². The first-order valence-corrected chi connectivity index (χ1v) is 9.36. The zero-order chi connectivity index (χ0) is 20.8. The first-order valence-electron chi connectivity index (χ1n) is 9.36. The molecule has 2 atom stereocenters. The van der Waals surface area contributed by atoms with E-state index in [-0.39, 0.29) is 0 Å². The fraction of sp³-hybridized carbons (Fsp3) is 0.286. The van der Waals surface area contributed by atoms with E-state index in [9.17, 15) is 9.59 Å². The Kier molecular flexibility index (Phi) is 4.23. The number of anilines is 1. The number of carbonyl (C=O) groups is 2. The number of ether oxygens (including phenoxy) is 4. The van der Waals surface area contributed by atoms with Crippen molar-refractivity contribution in [1.29, 1.82) is 0 Å². The Balaban J connectivity index is 1.48. The molecule has 2 aromatic carbocycles. The second-order valence-electron chi connectivity index (χ2n) is 6.89. The molecule has 154 valence electrons. The van der Waals surface area contributed by atoms with E-state index in [1.165, 1.54) is 14.2 Å². The summed E-state index contributed by atoms with van der Waals surface area (Å²) < 4.78 is 21.7. The maximum Gasteiger partial charge on any atom is 0.278 e. The smallest absolute Gasteiger partial charge is 0.278 e. The fourth-order valence-electron chi connectivity index (χ4n) is 3.84. The summed E-state index contributed by atoms with van der Waals surface area (Å²) in [4.78, 5) is 32.7. The topological polar surface area (TPSA) is 95.9 Å². The lowest BCUT2D eigenvalue weighted by Crippen LogP contribution is -2.33. The average Bonchev–Trinajstić information content (AvgIpc) is 3.33. The number of hydrogen-bond donors (Lipinski definition) is 0. The van der Waals surface area contributed by atoms with E-state index in [4.69, 9.17) is 23.8 Å². The van der Waals surface area contributed by atoms with Gasteiger partial charge in [0, 0.05) is 11.6 Å². The van der Waals surface area contributed by atoms with Crippen molar-refractivity contribution in [2.75, 3.05) is 32.3 Å². The molecular weight excluding hydrogens is 392 g/mol. The highest BCUT2D eigenvalue weighted by Gasteiger charge is 2.56. The second kappa shape index (κ2) is 6.94. The molecule has 3 aliphatic rings. The average molecular weight is 410 g/mol. The Morgan fingerprint density at radius 3 is 2.47 bits per heavy atom. The number of carbonyl (C=O) groups excluding carboxylic acids is 2. The normalized spacial score (nSPS) is 21.8. The van der Waals surface area contributed by atoms with Crippen LogP contribution in [0.1, 0.15) is 5.56 Å². The molecule has 3 heterocycles. The number of benzene rings is 2. The lowest BCUT2D eigenvalue weighted by atomic mass is 9.94. The van der Waals surface area contributed by atoms with E-state index in [1.807, 2.05) is 0 Å². The van der Waals surface area contributed by atoms with Crippen LogP contribution in [0, 0.1) is 5.92 Å². The fourth-order valence-corrected chi connectivity index (χ4v) is 3.84. The molecule has 0 radical (unpaired) electrons. The van der Waals surface area contributed by atoms with Gasteiger partial charge in [0.05, 0.1) is 19.9 Å². The molecule has 0 unspecified atom stereocenters. The van der Waals surface area contributed by atoms with Gasteiger partial charge >= 0.3 is 0 Å². The molecule has 9 heteroatoms. The first-order chi connectivity index (χ1) is 14.6. The van der Waals surface area contributed by atoms with Gasteiger partial charge < -0.3 is 23.8 Å². The molecule has 0 spiro atoms. The lowest BCUT2D eigenvalue weighted by molar-refractivity contribution is -0.126. The summed E-state index contributed by atoms with van der Waals surface area (Å²) in [5, 5.41) is 4.03. The van der Waals surface area contributed by atoms with Crippen LogP contribution in [0.2, 0.25) is 0 Å². The minimum Gasteiger partial charge on any atom is -0.493 e. The molecule has 0 aromatic heterocycles. The third kappa shape index (κ3) is 2.66. The molecular formula is C21H18N2O7. The van der Waals surface area contributed by atoms with Crippen LogP contribution in [-0.4, -0.2) is 51.1 Å². The van der Waals surface area contributed by atoms with Gasteiger partial charge in [0.1, 0.15) is 24.8 Å². The summed E-state index contributed by atoms with van der Waals surface area (Å²) in [6.45, 7) is 0.861. The molecule has 9 nitrogen and oxygen atoms in total. The van der Waals surface area contributed by atoms with E-state index in [1.54, 1.807) is 36.4 Å². The number of imide groups is 1. The summed E-state index contributed by atoms with van der Waals surface area (Å²) in [6.07, 6.45) is -1.01. The van der Waals surface area contributed by atoms with Crippen molar-refractivity contribution in [3.63, 3.8) is 0 Å². The molecule has 2 amide bonds. The van der Waals surface area contributed by atoms with Crippen molar-refractivity contribution in [3.8, 4) is 23.0 Å². The molecule has 0 N–H and O–H groups in total. The largest absolute Gasteiger partial charge is 0.493 e. The Hall–Kier alpha value is -3.75. The van der Waals surface area contributed by atoms with Crippen molar-refractivity contribution in [3.05, 3.63) is 42.0 Å². The SMILES string of the molecule is COc1ccc(C2=NO[C@@H]3C(=O)N(c4ccc5c(c4)OCCO5)C(=O)[C@H]23)cc1OC. The molecule has 2 aromatic rings. The van der Waals surface area contributed by atoms with Gasteiger partial charge in [-0.1, -0.05) is 5.16 Å². The van der Waals surface area contributed by atoms with Gasteiger partial charge in [-0.15, -0.1) is 0 Å². The minimum atomic E-state index is -1.01. The standard InChI is InChI=1S/C21H18N2O7/c1-26-13-5-3-11(9-15(13)27-2)18-17-19(30-22-18)21(25)23(20(17)24)12-4-6-14-16(10-12)29-8-7-28-14/h3-6,9-10,17,19H,7-8H2,1-2H3/t17-,19+/m1/s1. The van der Waals surface area contributed by atoms with Crippen LogP contribution in [0.4, 0.5) is 5.69 Å². The number of amides is 2. The summed E-state index contributed by atoms with van der Waals surface area (Å²) in [7, 11) is 3.05. The maximum absolute atomic E-state index is 13.2. The highest BCUT2D eigenvalue weighted by Crippen LogP contribution is 2.40. The quantitative estimate of drug-likeness (QED) is 0.709. The van der Waals surface area contributed by atoms with Crippen LogP contribution in [-0.2, 0) is 14.4 Å². The number of methoxy groups -OCH3 is 2. The van der Waals surface area contributed by atoms with Crippen LogP contribution in [0.25, 0.3) is 0 Å². The van der Waals surface area contributed by atoms with E-state index in [0.29, 0.717) is 53.2 Å². The Labute approximate surface area is 171 Å². The van der Waals surface area contributed by atoms with Gasteiger partial charge in [0.15, 0.2) is 23.0 Å². The second-order valence-corrected chi connectivity index (χ2v) is 6.89. The molecule has 0 aliphatic carbocycles. The molecule has 3 aliphatic heterocycles. The number of fused-ring (bicyclic) bond motifs is 2. The third-order valence-electron chi connectivity index (χ3n) is 5.28. The van der Waals surface area contributed by atoms with Crippen molar-refractivity contribution in [1.82, 2.24) is 0 Å². The van der Waals surface area contributed by atoms with Crippen molar-refractivity contribution >= 4 is 23.2 Å². The lowest BCUT2D eigenvalue weighted by Gasteiger charge is -2.21. The molecule has 0 saturated carbocycles. The summed E-state index contributed by atoms with van der Waals surface area (Å²) >= 11 is 0. The predicted octanol–water partition coefficient (Wildman–Crippen LogP) is 1.77. The first kappa shape index (κ1) is 18.3. The van der Waals surface area contributed by atoms with Crippen molar-refractivity contribution in [2.24, 2.45) is 11.1 Å². The Morgan fingerprint density at radius 1 is 0.933 bits per heavy atom. The minimum absolute atomic E-state index is 0.374. The number of rotatable bonds is 4. The van der Waals surface area contributed by atoms with E-state index < -0.39 is 23.8 Å². The Morgan fingerprint density at radius 2 is 1.70 bits per heavy atom. The van der Waals surface area contributed by atoms with Crippen LogP contribution >= 0.6 is 0 Å². The molecule has 30 heavy (non-hydrogen) atoms. The molecule has 5 rings (SSSR count). The zero-order valence-corrected chi connectivity index (χ0v) is 16.3. The van der Waals surface area contributed by atoms with Crippen LogP contribution < -0.4 is 23.8 Å². The maximum atomic E-state index is 13.2. The monoisotopic (exact) mass is 410 g/mol. The Bertz CT molecular complexity index is 1080. The van der Waals surface area contributed by atoms with E-state index in [0.717, 1.165) is 4.90 Å². The molecule has 1 saturated heterocycles. The van der Waals surface area contributed by atoms with Crippen molar-refractivity contribution in [2.45, 2.75) is 6.10 Å². The van der Waals surface area contributed by atoms with E-state index in [2.05, 4.69) is 5.16 Å². The number of hydrogen-bond acceptors (Lipinski definition) is 8. The summed E-state index contributed by atoms with van der Waals surface area (Å²) in [5.41, 5.74) is 1.39. The van der Waals surface area contributed by atoms with Gasteiger partial charge in [0.2, 0.25) is 12.0 Å². The molecule has 1 fully saturated rings. The third-order valence-corrected chi connectivity index (χ3v) is 5.28. The van der Waals surface area contributed by atoms with Gasteiger partial charge in [-0.2, -0.15) is 0 Å². The van der Waals surface area contributed by atoms with Crippen LogP contribution in [0.3, 0.4) is 0 Å². The highest BCUT2D eigenvalue weighted by atomic mass is 16.7. The van der Waals surface area contributed by atoms with Crippen LogP contribution in [0.15, 0.2) is 41.6 Å². The molecule has 0 bridgehead atoms. The highest BCUT2D eigenvalue weighted by molar-refractivity contribution is 6.32. The van der Waals surface area contributed by atoms with Crippen molar-refractivity contribution < 1.29 is 33.4 Å². The predicted molar refractivity (Wildman–Crippen MR) is 104 cm³/mol. The number of oxime groups is 1. The number of nitrogens with zero attached hydrogens (tertiary/aromatic N) is 2. The van der Waals surface area contributed by atoms with E-state index >= 15 is 0 Å². The zero-order valence-electron chi connectivity index (χ0n) is 16.3.